The van der Waals surface area contributed by atoms with E-state index in [1.165, 1.54) is 5.56 Å². The molecule has 132 valence electrons. The zero-order valence-electron chi connectivity index (χ0n) is 14.3. The molecule has 7 heteroatoms. The Kier molecular flexibility index (Phi) is 3.79. The molecule has 1 unspecified atom stereocenters. The minimum atomic E-state index is 0.373. The van der Waals surface area contributed by atoms with Crippen LogP contribution in [0.1, 0.15) is 5.56 Å². The Balaban J connectivity index is 1.40. The fraction of sp³-hybridized carbons (Fsp3) is 0.316. The number of furan rings is 1. The number of anilines is 1. The molecule has 1 aliphatic rings. The van der Waals surface area contributed by atoms with Gasteiger partial charge >= 0.3 is 0 Å². The standard InChI is InChI=1S/C19H19N5O2/c1-2-15-3-5-26-16(15)8-13(1)7-14-9-24(4-6-25-10-14)19-17-18(21-11-20-17)22-12-23-19/h1-3,5,8,11-12,14H,4,6-7,9-10H2,(H,20,21,22,23). The third-order valence-electron chi connectivity index (χ3n) is 4.89. The highest BCUT2D eigenvalue weighted by molar-refractivity contribution is 5.82. The molecule has 0 bridgehead atoms. The van der Waals surface area contributed by atoms with E-state index in [0.717, 1.165) is 48.4 Å². The van der Waals surface area contributed by atoms with E-state index in [2.05, 4.69) is 43.0 Å². The maximum atomic E-state index is 5.86. The molecule has 4 heterocycles. The fourth-order valence-corrected chi connectivity index (χ4v) is 3.65. The Bertz CT molecular complexity index is 1040. The van der Waals surface area contributed by atoms with E-state index in [1.54, 1.807) is 18.9 Å². The third-order valence-corrected chi connectivity index (χ3v) is 4.89. The summed E-state index contributed by atoms with van der Waals surface area (Å²) in [4.78, 5) is 18.4. The van der Waals surface area contributed by atoms with Crippen molar-refractivity contribution < 1.29 is 9.15 Å². The lowest BCUT2D eigenvalue weighted by molar-refractivity contribution is 0.123. The number of aromatic amines is 1. The predicted octanol–water partition coefficient (Wildman–Crippen LogP) is 2.79. The van der Waals surface area contributed by atoms with Crippen molar-refractivity contribution in [1.82, 2.24) is 19.9 Å². The van der Waals surface area contributed by atoms with Gasteiger partial charge in [-0.1, -0.05) is 12.1 Å². The zero-order chi connectivity index (χ0) is 17.3. The molecule has 0 radical (unpaired) electrons. The summed E-state index contributed by atoms with van der Waals surface area (Å²) in [5.41, 5.74) is 3.77. The van der Waals surface area contributed by atoms with Crippen molar-refractivity contribution in [3.05, 3.63) is 48.7 Å². The maximum absolute atomic E-state index is 5.86. The van der Waals surface area contributed by atoms with Crippen molar-refractivity contribution in [2.24, 2.45) is 5.92 Å². The van der Waals surface area contributed by atoms with E-state index < -0.39 is 0 Å². The number of hydrogen-bond acceptors (Lipinski definition) is 6. The van der Waals surface area contributed by atoms with E-state index in [9.17, 15) is 0 Å². The van der Waals surface area contributed by atoms with E-state index >= 15 is 0 Å². The van der Waals surface area contributed by atoms with Gasteiger partial charge in [0, 0.05) is 24.4 Å². The van der Waals surface area contributed by atoms with Crippen molar-refractivity contribution in [2.75, 3.05) is 31.2 Å². The number of imidazole rings is 1. The smallest absolute Gasteiger partial charge is 0.182 e. The highest BCUT2D eigenvalue weighted by Crippen LogP contribution is 2.24. The first kappa shape index (κ1) is 15.3. The molecule has 1 aliphatic heterocycles. The molecule has 0 aliphatic carbocycles. The molecule has 1 atom stereocenters. The Labute approximate surface area is 150 Å². The van der Waals surface area contributed by atoms with Crippen LogP contribution in [0, 0.1) is 5.92 Å². The third kappa shape index (κ3) is 2.80. The van der Waals surface area contributed by atoms with Crippen molar-refractivity contribution >= 4 is 28.0 Å². The molecule has 3 aromatic heterocycles. The van der Waals surface area contributed by atoms with Gasteiger partial charge in [0.1, 0.15) is 17.4 Å². The van der Waals surface area contributed by atoms with Gasteiger partial charge in [-0.2, -0.15) is 0 Å². The minimum absolute atomic E-state index is 0.373. The van der Waals surface area contributed by atoms with Gasteiger partial charge in [-0.3, -0.25) is 0 Å². The van der Waals surface area contributed by atoms with E-state index in [1.807, 2.05) is 6.07 Å². The maximum Gasteiger partial charge on any atom is 0.182 e. The second-order valence-electron chi connectivity index (χ2n) is 6.68. The number of nitrogens with zero attached hydrogens (tertiary/aromatic N) is 4. The number of hydrogen-bond donors (Lipinski definition) is 1. The lowest BCUT2D eigenvalue weighted by Crippen LogP contribution is -2.31. The molecule has 7 nitrogen and oxygen atoms in total. The number of fused-ring (bicyclic) bond motifs is 2. The van der Waals surface area contributed by atoms with Crippen LogP contribution in [0.5, 0.6) is 0 Å². The zero-order valence-corrected chi connectivity index (χ0v) is 14.3. The van der Waals surface area contributed by atoms with Gasteiger partial charge in [-0.05, 0) is 24.1 Å². The van der Waals surface area contributed by atoms with E-state index in [4.69, 9.17) is 9.15 Å². The molecule has 1 fully saturated rings. The molecule has 1 aromatic carbocycles. The topological polar surface area (TPSA) is 80.1 Å². The summed E-state index contributed by atoms with van der Waals surface area (Å²) in [5, 5.41) is 1.13. The highest BCUT2D eigenvalue weighted by Gasteiger charge is 2.22. The van der Waals surface area contributed by atoms with Crippen molar-refractivity contribution in [3.8, 4) is 0 Å². The number of H-pyrrole nitrogens is 1. The van der Waals surface area contributed by atoms with Crippen LogP contribution in [0.25, 0.3) is 22.1 Å². The van der Waals surface area contributed by atoms with Crippen LogP contribution in [0.2, 0.25) is 0 Å². The summed E-state index contributed by atoms with van der Waals surface area (Å²) in [5.74, 6) is 1.27. The van der Waals surface area contributed by atoms with Gasteiger partial charge in [-0.15, -0.1) is 0 Å². The van der Waals surface area contributed by atoms with Crippen molar-refractivity contribution in [2.45, 2.75) is 6.42 Å². The second-order valence-corrected chi connectivity index (χ2v) is 6.68. The Morgan fingerprint density at radius 1 is 1.19 bits per heavy atom. The van der Waals surface area contributed by atoms with Crippen LogP contribution in [0.3, 0.4) is 0 Å². The molecule has 26 heavy (non-hydrogen) atoms. The average molecular weight is 349 g/mol. The number of ether oxygens (including phenoxy) is 1. The molecule has 4 aromatic rings. The van der Waals surface area contributed by atoms with Crippen molar-refractivity contribution in [3.63, 3.8) is 0 Å². The monoisotopic (exact) mass is 349 g/mol. The molecular formula is C19H19N5O2. The van der Waals surface area contributed by atoms with Gasteiger partial charge < -0.3 is 19.0 Å². The van der Waals surface area contributed by atoms with Crippen LogP contribution in [-0.2, 0) is 11.2 Å². The highest BCUT2D eigenvalue weighted by atomic mass is 16.5. The van der Waals surface area contributed by atoms with Gasteiger partial charge in [0.05, 0.1) is 25.8 Å². The first-order valence-electron chi connectivity index (χ1n) is 8.80. The summed E-state index contributed by atoms with van der Waals surface area (Å²) in [7, 11) is 0. The number of nitrogens with one attached hydrogen (secondary N) is 1. The van der Waals surface area contributed by atoms with Gasteiger partial charge in [-0.25, -0.2) is 15.0 Å². The lowest BCUT2D eigenvalue weighted by atomic mass is 9.99. The van der Waals surface area contributed by atoms with Gasteiger partial charge in [0.25, 0.3) is 0 Å². The average Bonchev–Trinajstić information content (AvgIpc) is 3.26. The van der Waals surface area contributed by atoms with Crippen molar-refractivity contribution in [1.29, 1.82) is 0 Å². The molecule has 0 spiro atoms. The molecule has 0 saturated carbocycles. The van der Waals surface area contributed by atoms with Crippen LogP contribution in [0.15, 0.2) is 47.6 Å². The largest absolute Gasteiger partial charge is 0.464 e. The normalized spacial score (nSPS) is 18.5. The first-order chi connectivity index (χ1) is 12.9. The van der Waals surface area contributed by atoms with Crippen LogP contribution < -0.4 is 4.90 Å². The first-order valence-corrected chi connectivity index (χ1v) is 8.80. The predicted molar refractivity (Wildman–Crippen MR) is 98.1 cm³/mol. The Morgan fingerprint density at radius 2 is 2.19 bits per heavy atom. The Hall–Kier alpha value is -2.93. The Morgan fingerprint density at radius 3 is 3.19 bits per heavy atom. The SMILES string of the molecule is c1nc(N2CCOCC(Cc3ccc4ccoc4c3)C2)c2[nH]cnc2n1. The summed E-state index contributed by atoms with van der Waals surface area (Å²) >= 11 is 0. The molecule has 1 saturated heterocycles. The number of rotatable bonds is 3. The van der Waals surface area contributed by atoms with Gasteiger partial charge in [0.15, 0.2) is 11.5 Å². The van der Waals surface area contributed by atoms with E-state index in [0.29, 0.717) is 18.2 Å². The second kappa shape index (κ2) is 6.42. The summed E-state index contributed by atoms with van der Waals surface area (Å²) in [6, 6.07) is 8.40. The quantitative estimate of drug-likeness (QED) is 0.613. The van der Waals surface area contributed by atoms with Crippen LogP contribution >= 0.6 is 0 Å². The van der Waals surface area contributed by atoms with E-state index in [-0.39, 0.29) is 0 Å². The molecule has 5 rings (SSSR count). The van der Waals surface area contributed by atoms with Gasteiger partial charge in [0.2, 0.25) is 0 Å². The number of benzene rings is 1. The number of aromatic nitrogens is 4. The molecule has 1 N–H and O–H groups in total. The summed E-state index contributed by atoms with van der Waals surface area (Å²) < 4.78 is 11.4. The minimum Gasteiger partial charge on any atom is -0.464 e. The molecular weight excluding hydrogens is 330 g/mol. The van der Waals surface area contributed by atoms with Crippen LogP contribution in [0.4, 0.5) is 5.82 Å². The lowest BCUT2D eigenvalue weighted by Gasteiger charge is -2.24. The summed E-state index contributed by atoms with van der Waals surface area (Å²) in [6.07, 6.45) is 5.90. The fourth-order valence-electron chi connectivity index (χ4n) is 3.65. The molecule has 0 amide bonds. The van der Waals surface area contributed by atoms with Crippen LogP contribution in [-0.4, -0.2) is 46.2 Å². The summed E-state index contributed by atoms with van der Waals surface area (Å²) in [6.45, 7) is 3.11.